The average Bonchev–Trinajstić information content (AvgIpc) is 2.93. The maximum atomic E-state index is 13.8. The molecule has 218 valence electrons. The fourth-order valence-electron chi connectivity index (χ4n) is 7.29. The van der Waals surface area contributed by atoms with E-state index in [2.05, 4.69) is 22.4 Å². The van der Waals surface area contributed by atoms with Crippen molar-refractivity contribution in [2.75, 3.05) is 41.7 Å². The summed E-state index contributed by atoms with van der Waals surface area (Å²) in [7, 11) is 6.50. The number of nitrogens with one attached hydrogen (secondary N) is 1. The second-order valence-corrected chi connectivity index (χ2v) is 11.0. The number of fused-ring (bicyclic) bond motifs is 6. The Morgan fingerprint density at radius 1 is 1.10 bits per heavy atom. The third kappa shape index (κ3) is 4.33. The van der Waals surface area contributed by atoms with Gasteiger partial charge in [0.1, 0.15) is 6.04 Å². The molecule has 41 heavy (non-hydrogen) atoms. The van der Waals surface area contributed by atoms with E-state index < -0.39 is 12.1 Å². The zero-order valence-corrected chi connectivity index (χ0v) is 24.5. The van der Waals surface area contributed by atoms with Gasteiger partial charge >= 0.3 is 0 Å². The summed E-state index contributed by atoms with van der Waals surface area (Å²) >= 11 is 0. The summed E-state index contributed by atoms with van der Waals surface area (Å²) < 4.78 is 22.6. The van der Waals surface area contributed by atoms with Crippen molar-refractivity contribution in [2.24, 2.45) is 0 Å². The van der Waals surface area contributed by atoms with Crippen molar-refractivity contribution in [2.45, 2.75) is 63.8 Å². The fourth-order valence-corrected chi connectivity index (χ4v) is 7.29. The molecular formula is C30H36N4O7. The molecule has 1 aliphatic carbocycles. The minimum Gasteiger partial charge on any atom is -0.493 e. The molecule has 5 atom stereocenters. The zero-order valence-electron chi connectivity index (χ0n) is 24.5. The van der Waals surface area contributed by atoms with E-state index in [1.54, 1.807) is 21.1 Å². The highest BCUT2D eigenvalue weighted by Crippen LogP contribution is 2.54. The Labute approximate surface area is 239 Å². The largest absolute Gasteiger partial charge is 0.493 e. The van der Waals surface area contributed by atoms with Gasteiger partial charge in [-0.05, 0) is 44.9 Å². The molecule has 5 rings (SSSR count). The number of hydrogen-bond acceptors (Lipinski definition) is 10. The third-order valence-electron chi connectivity index (χ3n) is 8.91. The first-order chi connectivity index (χ1) is 19.6. The number of piperazine rings is 1. The first-order valence-electron chi connectivity index (χ1n) is 13.6. The molecule has 11 nitrogen and oxygen atoms in total. The van der Waals surface area contributed by atoms with Crippen LogP contribution in [0.25, 0.3) is 0 Å². The molecule has 0 radical (unpaired) electrons. The van der Waals surface area contributed by atoms with Crippen LogP contribution in [0.1, 0.15) is 43.0 Å². The highest BCUT2D eigenvalue weighted by atomic mass is 16.7. The summed E-state index contributed by atoms with van der Waals surface area (Å²) in [6.45, 7) is 5.03. The van der Waals surface area contributed by atoms with Crippen LogP contribution in [0, 0.1) is 18.3 Å². The Bertz CT molecular complexity index is 1420. The molecule has 4 aliphatic rings. The van der Waals surface area contributed by atoms with E-state index >= 15 is 0 Å². The molecule has 1 amide bonds. The van der Waals surface area contributed by atoms with E-state index in [1.807, 2.05) is 18.9 Å². The number of Topliss-reactive ketones (excluding diaryl/α,β-unsaturated/α-hetero) is 2. The van der Waals surface area contributed by atoms with Crippen LogP contribution in [0.4, 0.5) is 0 Å². The Balaban J connectivity index is 1.75. The fraction of sp³-hybridized carbons (Fsp3) is 0.533. The second kappa shape index (κ2) is 10.9. The van der Waals surface area contributed by atoms with Gasteiger partial charge in [-0.25, -0.2) is 0 Å². The van der Waals surface area contributed by atoms with Gasteiger partial charge in [0, 0.05) is 54.9 Å². The summed E-state index contributed by atoms with van der Waals surface area (Å²) in [5, 5.41) is 13.4. The van der Waals surface area contributed by atoms with Crippen molar-refractivity contribution < 1.29 is 33.3 Å². The number of rotatable bonds is 7. The van der Waals surface area contributed by atoms with Crippen LogP contribution in [-0.4, -0.2) is 93.2 Å². The van der Waals surface area contributed by atoms with Gasteiger partial charge < -0.3 is 24.3 Å². The van der Waals surface area contributed by atoms with E-state index in [0.717, 1.165) is 16.7 Å². The van der Waals surface area contributed by atoms with E-state index in [1.165, 1.54) is 14.0 Å². The van der Waals surface area contributed by atoms with Crippen LogP contribution < -0.4 is 14.8 Å². The normalized spacial score (nSPS) is 27.5. The van der Waals surface area contributed by atoms with Crippen LogP contribution in [0.2, 0.25) is 0 Å². The van der Waals surface area contributed by atoms with E-state index in [9.17, 15) is 19.6 Å². The lowest BCUT2D eigenvalue weighted by atomic mass is 9.69. The topological polar surface area (TPSA) is 130 Å². The van der Waals surface area contributed by atoms with E-state index in [-0.39, 0.29) is 66.7 Å². The van der Waals surface area contributed by atoms with Crippen molar-refractivity contribution >= 4 is 17.5 Å². The lowest BCUT2D eigenvalue weighted by molar-refractivity contribution is -0.124. The first kappa shape index (κ1) is 28.8. The van der Waals surface area contributed by atoms with Crippen LogP contribution in [0.3, 0.4) is 0 Å². The van der Waals surface area contributed by atoms with Gasteiger partial charge in [0.2, 0.25) is 11.7 Å². The van der Waals surface area contributed by atoms with Crippen LogP contribution in [0.15, 0.2) is 28.5 Å². The number of hydrogen-bond donors (Lipinski definition) is 1. The van der Waals surface area contributed by atoms with E-state index in [0.29, 0.717) is 29.1 Å². The highest BCUT2D eigenvalue weighted by molar-refractivity contribution is 6.25. The quantitative estimate of drug-likeness (QED) is 0.386. The predicted octanol–water partition coefficient (Wildman–Crippen LogP) is 1.74. The summed E-state index contributed by atoms with van der Waals surface area (Å²) in [4.78, 5) is 43.9. The molecule has 1 saturated heterocycles. The molecule has 11 heteroatoms. The lowest BCUT2D eigenvalue weighted by Crippen LogP contribution is -2.71. The molecule has 0 saturated carbocycles. The first-order valence-corrected chi connectivity index (χ1v) is 13.6. The van der Waals surface area contributed by atoms with Gasteiger partial charge in [-0.3, -0.25) is 24.2 Å². The molecule has 1 fully saturated rings. The van der Waals surface area contributed by atoms with Crippen LogP contribution in [0.5, 0.6) is 11.5 Å². The molecular weight excluding hydrogens is 528 g/mol. The minimum atomic E-state index is -0.706. The third-order valence-corrected chi connectivity index (χ3v) is 8.91. The number of ketones is 2. The summed E-state index contributed by atoms with van der Waals surface area (Å²) in [5.74, 6) is 0.262. The number of allylic oxidation sites excluding steroid dienone is 2. The number of carbonyl (C=O) groups is 3. The van der Waals surface area contributed by atoms with Crippen molar-refractivity contribution in [1.29, 1.82) is 5.26 Å². The number of aryl methyl sites for hydroxylation is 1. The Kier molecular flexibility index (Phi) is 7.68. The average molecular weight is 565 g/mol. The standard InChI is InChI=1S/C30H36N4O7/c1-14-8-17-9-19-21(11-31)34-20(25(33(19)4)23(17)30(28(14)39-6)41-13-38-5)10-18-24(22(34)12-32-16(3)35)27(37)29(40-7)15(2)26(18)36/h8,19-22,25H,9-10,12-13H2,1-7H3,(H,32,35)/t19-,20+,21+,22+,25+/m1/s1. The molecule has 1 aromatic carbocycles. The number of nitriles is 1. The van der Waals surface area contributed by atoms with Gasteiger partial charge in [0.05, 0.1) is 32.4 Å². The van der Waals surface area contributed by atoms with Gasteiger partial charge in [0.15, 0.2) is 29.8 Å². The smallest absolute Gasteiger partial charge is 0.226 e. The van der Waals surface area contributed by atoms with Crippen LogP contribution >= 0.6 is 0 Å². The molecule has 1 N–H and O–H groups in total. The summed E-state index contributed by atoms with van der Waals surface area (Å²) in [6, 6.07) is 2.37. The van der Waals surface area contributed by atoms with Gasteiger partial charge in [-0.15, -0.1) is 0 Å². The highest BCUT2D eigenvalue weighted by Gasteiger charge is 2.58. The predicted molar refractivity (Wildman–Crippen MR) is 147 cm³/mol. The Morgan fingerprint density at radius 3 is 2.44 bits per heavy atom. The van der Waals surface area contributed by atoms with Crippen molar-refractivity contribution in [1.82, 2.24) is 15.1 Å². The number of benzene rings is 1. The summed E-state index contributed by atoms with van der Waals surface area (Å²) in [6.07, 6.45) is 0.802. The molecule has 2 bridgehead atoms. The van der Waals surface area contributed by atoms with Crippen molar-refractivity contribution in [3.8, 4) is 17.6 Å². The lowest BCUT2D eigenvalue weighted by Gasteiger charge is -2.60. The maximum Gasteiger partial charge on any atom is 0.226 e. The van der Waals surface area contributed by atoms with Crippen molar-refractivity contribution in [3.05, 3.63) is 45.2 Å². The molecule has 1 aromatic rings. The number of amides is 1. The molecule has 3 aliphatic heterocycles. The Morgan fingerprint density at radius 2 is 1.83 bits per heavy atom. The number of methoxy groups -OCH3 is 3. The Hall–Kier alpha value is -3.72. The maximum absolute atomic E-state index is 13.8. The number of nitrogens with zero attached hydrogens (tertiary/aromatic N) is 3. The number of carbonyl (C=O) groups excluding carboxylic acids is 3. The molecule has 0 spiro atoms. The molecule has 0 unspecified atom stereocenters. The molecule has 0 aromatic heterocycles. The summed E-state index contributed by atoms with van der Waals surface area (Å²) in [5.41, 5.74) is 3.82. The van der Waals surface area contributed by atoms with Gasteiger partial charge in [-0.2, -0.15) is 5.26 Å². The van der Waals surface area contributed by atoms with Gasteiger partial charge in [0.25, 0.3) is 0 Å². The minimum absolute atomic E-state index is 0.00339. The zero-order chi connectivity index (χ0) is 29.7. The number of ether oxygens (including phenoxy) is 4. The SMILES string of the molecule is COCOc1c(OC)c(C)cc2c1[C@@H]1[C@@H]3CC4=C(C(=O)C(OC)=C(C)C4=O)[C@H](CNC(C)=O)N3[C@@H](C#N)[C@@H](C2)N1C. The van der Waals surface area contributed by atoms with Crippen LogP contribution in [-0.2, 0) is 30.3 Å². The molecule has 3 heterocycles. The van der Waals surface area contributed by atoms with Gasteiger partial charge in [-0.1, -0.05) is 6.07 Å². The number of likely N-dealkylation sites (N-methyl/N-ethyl adjacent to an activating group) is 1. The monoisotopic (exact) mass is 564 g/mol. The second-order valence-electron chi connectivity index (χ2n) is 11.0. The van der Waals surface area contributed by atoms with Crippen molar-refractivity contribution in [3.63, 3.8) is 0 Å². The van der Waals surface area contributed by atoms with E-state index in [4.69, 9.17) is 18.9 Å².